The minimum Gasteiger partial charge on any atom is -0.383 e. The van der Waals surface area contributed by atoms with Crippen LogP contribution < -0.4 is 5.32 Å². The van der Waals surface area contributed by atoms with Crippen LogP contribution in [0.4, 0.5) is 8.78 Å². The molecule has 1 unspecified atom stereocenters. The van der Waals surface area contributed by atoms with Gasteiger partial charge in [-0.25, -0.2) is 8.78 Å². The molecule has 0 aliphatic rings. The van der Waals surface area contributed by atoms with Gasteiger partial charge >= 0.3 is 0 Å². The van der Waals surface area contributed by atoms with Gasteiger partial charge < -0.3 is 10.1 Å². The van der Waals surface area contributed by atoms with Crippen LogP contribution in [0.5, 0.6) is 0 Å². The van der Waals surface area contributed by atoms with Crippen molar-refractivity contribution >= 4 is 0 Å². The molecule has 0 bridgehead atoms. The zero-order valence-electron chi connectivity index (χ0n) is 9.59. The number of ether oxygens (including phenoxy) is 1. The van der Waals surface area contributed by atoms with E-state index in [4.69, 9.17) is 4.74 Å². The van der Waals surface area contributed by atoms with E-state index in [9.17, 15) is 8.78 Å². The van der Waals surface area contributed by atoms with E-state index in [0.717, 1.165) is 12.1 Å². The second-order valence-electron chi connectivity index (χ2n) is 3.76. The van der Waals surface area contributed by atoms with Crippen LogP contribution in [-0.2, 0) is 4.74 Å². The standard InChI is InChI=1S/C12H17F2NO/c1-9(8-15-5-6-16-2)11-7-10(13)3-4-12(11)14/h3-4,7,9,15H,5-6,8H2,1-2H3. The average Bonchev–Trinajstić information content (AvgIpc) is 2.27. The fraction of sp³-hybridized carbons (Fsp3) is 0.500. The first-order chi connectivity index (χ1) is 7.65. The van der Waals surface area contributed by atoms with E-state index in [0.29, 0.717) is 25.3 Å². The summed E-state index contributed by atoms with van der Waals surface area (Å²) in [5.74, 6) is -0.824. The van der Waals surface area contributed by atoms with Gasteiger partial charge in [-0.1, -0.05) is 6.92 Å². The molecule has 2 nitrogen and oxygen atoms in total. The van der Waals surface area contributed by atoms with Crippen LogP contribution in [0.3, 0.4) is 0 Å². The highest BCUT2D eigenvalue weighted by atomic mass is 19.1. The molecule has 0 saturated carbocycles. The molecule has 0 amide bonds. The first kappa shape index (κ1) is 13.1. The maximum atomic E-state index is 13.4. The number of halogens is 2. The van der Waals surface area contributed by atoms with Gasteiger partial charge in [-0.05, 0) is 29.7 Å². The fourth-order valence-corrected chi connectivity index (χ4v) is 1.50. The Bertz CT molecular complexity index is 331. The third-order valence-electron chi connectivity index (χ3n) is 2.42. The molecular weight excluding hydrogens is 212 g/mol. The lowest BCUT2D eigenvalue weighted by Crippen LogP contribution is -2.24. The Labute approximate surface area is 94.6 Å². The Morgan fingerprint density at radius 2 is 2.12 bits per heavy atom. The second kappa shape index (κ2) is 6.55. The lowest BCUT2D eigenvalue weighted by Gasteiger charge is -2.13. The SMILES string of the molecule is COCCNCC(C)c1cc(F)ccc1F. The van der Waals surface area contributed by atoms with Gasteiger partial charge in [0.05, 0.1) is 6.61 Å². The zero-order valence-corrected chi connectivity index (χ0v) is 9.59. The number of methoxy groups -OCH3 is 1. The molecule has 1 aromatic rings. The van der Waals surface area contributed by atoms with E-state index in [-0.39, 0.29) is 11.7 Å². The lowest BCUT2D eigenvalue weighted by molar-refractivity contribution is 0.199. The Hall–Kier alpha value is -1.00. The van der Waals surface area contributed by atoms with Gasteiger partial charge in [0, 0.05) is 20.2 Å². The third-order valence-corrected chi connectivity index (χ3v) is 2.42. The van der Waals surface area contributed by atoms with Crippen molar-refractivity contribution in [3.8, 4) is 0 Å². The van der Waals surface area contributed by atoms with Crippen molar-refractivity contribution in [2.75, 3.05) is 26.8 Å². The molecule has 0 aliphatic carbocycles. The fourth-order valence-electron chi connectivity index (χ4n) is 1.50. The molecule has 1 atom stereocenters. The molecule has 16 heavy (non-hydrogen) atoms. The van der Waals surface area contributed by atoms with Crippen molar-refractivity contribution < 1.29 is 13.5 Å². The van der Waals surface area contributed by atoms with E-state index < -0.39 is 5.82 Å². The van der Waals surface area contributed by atoms with Gasteiger partial charge in [-0.2, -0.15) is 0 Å². The maximum absolute atomic E-state index is 13.4. The van der Waals surface area contributed by atoms with Gasteiger partial charge in [-0.15, -0.1) is 0 Å². The van der Waals surface area contributed by atoms with Gasteiger partial charge in [0.25, 0.3) is 0 Å². The van der Waals surface area contributed by atoms with E-state index in [2.05, 4.69) is 5.32 Å². The second-order valence-corrected chi connectivity index (χ2v) is 3.76. The molecule has 0 fully saturated rings. The lowest BCUT2D eigenvalue weighted by atomic mass is 10.0. The van der Waals surface area contributed by atoms with Crippen molar-refractivity contribution in [3.63, 3.8) is 0 Å². The smallest absolute Gasteiger partial charge is 0.126 e. The Morgan fingerprint density at radius 3 is 2.81 bits per heavy atom. The van der Waals surface area contributed by atoms with E-state index in [1.807, 2.05) is 6.92 Å². The summed E-state index contributed by atoms with van der Waals surface area (Å²) in [6.45, 7) is 3.78. The number of nitrogens with one attached hydrogen (secondary N) is 1. The van der Waals surface area contributed by atoms with E-state index >= 15 is 0 Å². The van der Waals surface area contributed by atoms with Crippen LogP contribution in [0, 0.1) is 11.6 Å². The topological polar surface area (TPSA) is 21.3 Å². The molecule has 1 N–H and O–H groups in total. The third kappa shape index (κ3) is 3.87. The predicted octanol–water partition coefficient (Wildman–Crippen LogP) is 2.30. The first-order valence-electron chi connectivity index (χ1n) is 5.29. The minimum absolute atomic E-state index is 0.0624. The zero-order chi connectivity index (χ0) is 12.0. The highest BCUT2D eigenvalue weighted by Gasteiger charge is 2.11. The summed E-state index contributed by atoms with van der Waals surface area (Å²) in [5, 5.41) is 3.12. The summed E-state index contributed by atoms with van der Waals surface area (Å²) < 4.78 is 31.2. The highest BCUT2D eigenvalue weighted by Crippen LogP contribution is 2.19. The van der Waals surface area contributed by atoms with Gasteiger partial charge in [0.1, 0.15) is 11.6 Å². The van der Waals surface area contributed by atoms with E-state index in [1.165, 1.54) is 6.07 Å². The summed E-state index contributed by atoms with van der Waals surface area (Å²) in [6, 6.07) is 3.54. The highest BCUT2D eigenvalue weighted by molar-refractivity contribution is 5.22. The first-order valence-corrected chi connectivity index (χ1v) is 5.29. The molecule has 0 aliphatic heterocycles. The summed E-state index contributed by atoms with van der Waals surface area (Å²) in [6.07, 6.45) is 0. The molecule has 0 heterocycles. The van der Waals surface area contributed by atoms with Crippen molar-refractivity contribution in [1.29, 1.82) is 0 Å². The molecule has 0 saturated heterocycles. The van der Waals surface area contributed by atoms with Crippen molar-refractivity contribution in [1.82, 2.24) is 5.32 Å². The van der Waals surface area contributed by atoms with Gasteiger partial charge in [-0.3, -0.25) is 0 Å². The quantitative estimate of drug-likeness (QED) is 0.756. The molecular formula is C12H17F2NO. The van der Waals surface area contributed by atoms with Gasteiger partial charge in [0.2, 0.25) is 0 Å². The minimum atomic E-state index is -0.403. The molecule has 1 aromatic carbocycles. The summed E-state index contributed by atoms with van der Waals surface area (Å²) in [7, 11) is 1.62. The molecule has 0 aromatic heterocycles. The molecule has 4 heteroatoms. The molecule has 0 spiro atoms. The Kier molecular flexibility index (Phi) is 5.35. The molecule has 90 valence electrons. The largest absolute Gasteiger partial charge is 0.383 e. The van der Waals surface area contributed by atoms with Gasteiger partial charge in [0.15, 0.2) is 0 Å². The monoisotopic (exact) mass is 229 g/mol. The van der Waals surface area contributed by atoms with E-state index in [1.54, 1.807) is 7.11 Å². The summed E-state index contributed by atoms with van der Waals surface area (Å²) in [4.78, 5) is 0. The average molecular weight is 229 g/mol. The van der Waals surface area contributed by atoms with Crippen LogP contribution in [0.2, 0.25) is 0 Å². The Morgan fingerprint density at radius 1 is 1.38 bits per heavy atom. The van der Waals surface area contributed by atoms with Crippen LogP contribution in [0.1, 0.15) is 18.4 Å². The number of benzene rings is 1. The number of rotatable bonds is 6. The van der Waals surface area contributed by atoms with Crippen LogP contribution in [0.15, 0.2) is 18.2 Å². The summed E-state index contributed by atoms with van der Waals surface area (Å²) in [5.41, 5.74) is 0.407. The van der Waals surface area contributed by atoms with Crippen LogP contribution in [-0.4, -0.2) is 26.8 Å². The molecule has 0 radical (unpaired) electrons. The van der Waals surface area contributed by atoms with Crippen molar-refractivity contribution in [2.45, 2.75) is 12.8 Å². The maximum Gasteiger partial charge on any atom is 0.126 e. The van der Waals surface area contributed by atoms with Crippen molar-refractivity contribution in [3.05, 3.63) is 35.4 Å². The number of hydrogen-bond acceptors (Lipinski definition) is 2. The Balaban J connectivity index is 2.51. The predicted molar refractivity (Wildman–Crippen MR) is 59.5 cm³/mol. The van der Waals surface area contributed by atoms with Crippen LogP contribution >= 0.6 is 0 Å². The van der Waals surface area contributed by atoms with Crippen molar-refractivity contribution in [2.24, 2.45) is 0 Å². The normalized spacial score (nSPS) is 12.8. The summed E-state index contributed by atoms with van der Waals surface area (Å²) >= 11 is 0. The molecule has 1 rings (SSSR count). The van der Waals surface area contributed by atoms with Crippen LogP contribution in [0.25, 0.3) is 0 Å². The number of hydrogen-bond donors (Lipinski definition) is 1.